The number of rotatable bonds is 7. The lowest BCUT2D eigenvalue weighted by molar-refractivity contribution is 0.0943. The molecule has 0 bridgehead atoms. The van der Waals surface area contributed by atoms with Crippen LogP contribution in [0.3, 0.4) is 0 Å². The number of nitrogens with one attached hydrogen (secondary N) is 2. The summed E-state index contributed by atoms with van der Waals surface area (Å²) in [6, 6.07) is 21.3. The molecule has 0 saturated carbocycles. The highest BCUT2D eigenvalue weighted by molar-refractivity contribution is 6.11. The molecule has 1 atom stereocenters. The molecule has 0 saturated heterocycles. The Morgan fingerprint density at radius 3 is 2.61 bits per heavy atom. The largest absolute Gasteiger partial charge is 0.360 e. The average Bonchev–Trinajstić information content (AvgIpc) is 3.19. The number of carbonyl (C=O) groups is 1. The average molecular weight is 369 g/mol. The van der Waals surface area contributed by atoms with E-state index in [1.54, 1.807) is 6.20 Å². The van der Waals surface area contributed by atoms with Crippen molar-refractivity contribution >= 4 is 16.7 Å². The molecule has 0 aliphatic heterocycles. The molecular weight excluding hydrogens is 346 g/mol. The molecule has 0 fully saturated rings. The molecule has 0 spiro atoms. The van der Waals surface area contributed by atoms with E-state index < -0.39 is 6.04 Å². The second-order valence-electron chi connectivity index (χ2n) is 6.81. The topological polar surface area (TPSA) is 57.8 Å². The summed E-state index contributed by atoms with van der Waals surface area (Å²) < 4.78 is 0. The molecule has 4 heteroatoms. The molecule has 0 amide bonds. The molecule has 4 rings (SSSR count). The fourth-order valence-corrected chi connectivity index (χ4v) is 3.59. The van der Waals surface area contributed by atoms with E-state index in [0.29, 0.717) is 12.1 Å². The van der Waals surface area contributed by atoms with Gasteiger partial charge in [0, 0.05) is 35.4 Å². The van der Waals surface area contributed by atoms with Crippen molar-refractivity contribution in [3.05, 3.63) is 102 Å². The Morgan fingerprint density at radius 1 is 1.04 bits per heavy atom. The summed E-state index contributed by atoms with van der Waals surface area (Å²) in [4.78, 5) is 21.2. The van der Waals surface area contributed by atoms with Crippen LogP contribution in [0.1, 0.15) is 40.1 Å². The number of aromatic nitrogens is 2. The molecule has 2 aromatic heterocycles. The third-order valence-electron chi connectivity index (χ3n) is 5.06. The summed E-state index contributed by atoms with van der Waals surface area (Å²) in [5.74, 6) is 0.0571. The van der Waals surface area contributed by atoms with Crippen molar-refractivity contribution in [2.45, 2.75) is 25.9 Å². The molecule has 2 N–H and O–H groups in total. The zero-order chi connectivity index (χ0) is 19.3. The number of H-pyrrole nitrogens is 1. The number of fused-ring (bicyclic) bond motifs is 1. The van der Waals surface area contributed by atoms with Gasteiger partial charge in [0.25, 0.3) is 0 Å². The predicted molar refractivity (Wildman–Crippen MR) is 112 cm³/mol. The number of benzene rings is 2. The third-order valence-corrected chi connectivity index (χ3v) is 5.06. The summed E-state index contributed by atoms with van der Waals surface area (Å²) in [6.45, 7) is 2.65. The van der Waals surface area contributed by atoms with Gasteiger partial charge in [-0.05, 0) is 29.7 Å². The van der Waals surface area contributed by atoms with Crippen LogP contribution >= 0.6 is 0 Å². The van der Waals surface area contributed by atoms with Crippen molar-refractivity contribution < 1.29 is 4.79 Å². The highest BCUT2D eigenvalue weighted by Crippen LogP contribution is 2.27. The van der Waals surface area contributed by atoms with Crippen molar-refractivity contribution in [3.8, 4) is 0 Å². The molecule has 1 unspecified atom stereocenters. The summed E-state index contributed by atoms with van der Waals surface area (Å²) >= 11 is 0. The molecule has 2 heterocycles. The van der Waals surface area contributed by atoms with Crippen molar-refractivity contribution in [1.29, 1.82) is 0 Å². The normalized spacial score (nSPS) is 12.2. The van der Waals surface area contributed by atoms with Crippen LogP contribution in [-0.4, -0.2) is 15.8 Å². The number of pyridine rings is 1. The molecule has 4 nitrogen and oxygen atoms in total. The molecule has 2 aromatic carbocycles. The maximum absolute atomic E-state index is 13.5. The Labute approximate surface area is 164 Å². The van der Waals surface area contributed by atoms with Gasteiger partial charge < -0.3 is 4.98 Å². The third kappa shape index (κ3) is 3.59. The molecule has 28 heavy (non-hydrogen) atoms. The first kappa shape index (κ1) is 18.1. The zero-order valence-electron chi connectivity index (χ0n) is 15.9. The second-order valence-corrected chi connectivity index (χ2v) is 6.81. The number of Topliss-reactive ketones (excluding diaryl/α,β-unsaturated/α-hetero) is 1. The minimum absolute atomic E-state index is 0.0571. The van der Waals surface area contributed by atoms with Gasteiger partial charge in [-0.15, -0.1) is 0 Å². The van der Waals surface area contributed by atoms with Crippen molar-refractivity contribution in [2.75, 3.05) is 0 Å². The first-order valence-corrected chi connectivity index (χ1v) is 9.59. The minimum Gasteiger partial charge on any atom is -0.360 e. The summed E-state index contributed by atoms with van der Waals surface area (Å²) in [5.41, 5.74) is 4.83. The van der Waals surface area contributed by atoms with Gasteiger partial charge in [0.1, 0.15) is 0 Å². The maximum atomic E-state index is 13.5. The van der Waals surface area contributed by atoms with Gasteiger partial charge in [0.15, 0.2) is 5.78 Å². The Morgan fingerprint density at radius 2 is 1.86 bits per heavy atom. The van der Waals surface area contributed by atoms with E-state index in [4.69, 9.17) is 0 Å². The number of hydrogen-bond acceptors (Lipinski definition) is 3. The fraction of sp³-hybridized carbons (Fsp3) is 0.167. The van der Waals surface area contributed by atoms with E-state index in [0.717, 1.165) is 28.6 Å². The van der Waals surface area contributed by atoms with E-state index in [-0.39, 0.29) is 5.78 Å². The lowest BCUT2D eigenvalue weighted by Crippen LogP contribution is -2.28. The van der Waals surface area contributed by atoms with Crippen LogP contribution in [0.15, 0.2) is 79.1 Å². The number of aromatic amines is 1. The zero-order valence-corrected chi connectivity index (χ0v) is 15.9. The standard InChI is InChI=1S/C24H23N3O/c1-2-17-11-8-13-20-21(16-27-22(17)20)24(28)23(18-9-4-3-5-10-18)26-15-19-12-6-7-14-25-19/h3-14,16,23,26-27H,2,15H2,1H3. The molecular formula is C24H23N3O. The van der Waals surface area contributed by atoms with Crippen LogP contribution < -0.4 is 5.32 Å². The van der Waals surface area contributed by atoms with Gasteiger partial charge in [-0.1, -0.05) is 61.5 Å². The van der Waals surface area contributed by atoms with Crippen LogP contribution in [-0.2, 0) is 13.0 Å². The number of nitrogens with zero attached hydrogens (tertiary/aromatic N) is 1. The van der Waals surface area contributed by atoms with Crippen LogP contribution in [0.5, 0.6) is 0 Å². The van der Waals surface area contributed by atoms with Crippen LogP contribution in [0.25, 0.3) is 10.9 Å². The molecule has 140 valence electrons. The van der Waals surface area contributed by atoms with Gasteiger partial charge >= 0.3 is 0 Å². The van der Waals surface area contributed by atoms with Gasteiger partial charge in [-0.25, -0.2) is 0 Å². The van der Waals surface area contributed by atoms with E-state index in [9.17, 15) is 4.79 Å². The van der Waals surface area contributed by atoms with Gasteiger partial charge in [0.2, 0.25) is 0 Å². The van der Waals surface area contributed by atoms with E-state index in [1.165, 1.54) is 5.56 Å². The Hall–Kier alpha value is -3.24. The SMILES string of the molecule is CCc1cccc2c(C(=O)C(NCc3ccccn3)c3ccccc3)c[nH]c12. The summed E-state index contributed by atoms with van der Waals surface area (Å²) in [7, 11) is 0. The second kappa shape index (κ2) is 8.19. The van der Waals surface area contributed by atoms with Crippen LogP contribution in [0.2, 0.25) is 0 Å². The quantitative estimate of drug-likeness (QED) is 0.458. The smallest absolute Gasteiger partial charge is 0.186 e. The number of carbonyl (C=O) groups excluding carboxylic acids is 1. The van der Waals surface area contributed by atoms with Crippen molar-refractivity contribution in [2.24, 2.45) is 0 Å². The number of ketones is 1. The summed E-state index contributed by atoms with van der Waals surface area (Å²) in [6.07, 6.45) is 4.53. The molecule has 0 aliphatic rings. The highest BCUT2D eigenvalue weighted by Gasteiger charge is 2.24. The van der Waals surface area contributed by atoms with Crippen molar-refractivity contribution in [3.63, 3.8) is 0 Å². The molecule has 0 radical (unpaired) electrons. The number of hydrogen-bond donors (Lipinski definition) is 2. The van der Waals surface area contributed by atoms with Gasteiger partial charge in [-0.3, -0.25) is 15.1 Å². The van der Waals surface area contributed by atoms with Gasteiger partial charge in [0.05, 0.1) is 11.7 Å². The lowest BCUT2D eigenvalue weighted by atomic mass is 9.96. The Bertz CT molecular complexity index is 1070. The molecule has 4 aromatic rings. The summed E-state index contributed by atoms with van der Waals surface area (Å²) in [5, 5.41) is 4.38. The van der Waals surface area contributed by atoms with Crippen LogP contribution in [0, 0.1) is 0 Å². The lowest BCUT2D eigenvalue weighted by Gasteiger charge is -2.18. The van der Waals surface area contributed by atoms with E-state index >= 15 is 0 Å². The Balaban J connectivity index is 1.69. The Kier molecular flexibility index (Phi) is 5.31. The fourth-order valence-electron chi connectivity index (χ4n) is 3.59. The highest BCUT2D eigenvalue weighted by atomic mass is 16.1. The first-order chi connectivity index (χ1) is 13.8. The first-order valence-electron chi connectivity index (χ1n) is 9.59. The number of para-hydroxylation sites is 1. The number of aryl methyl sites for hydroxylation is 1. The predicted octanol–water partition coefficient (Wildman–Crippen LogP) is 4.84. The maximum Gasteiger partial charge on any atom is 0.186 e. The minimum atomic E-state index is -0.438. The monoisotopic (exact) mass is 369 g/mol. The van der Waals surface area contributed by atoms with Gasteiger partial charge in [-0.2, -0.15) is 0 Å². The van der Waals surface area contributed by atoms with E-state index in [1.807, 2.05) is 66.9 Å². The van der Waals surface area contributed by atoms with Crippen molar-refractivity contribution in [1.82, 2.24) is 15.3 Å². The van der Waals surface area contributed by atoms with E-state index in [2.05, 4.69) is 28.3 Å². The van der Waals surface area contributed by atoms with Crippen LogP contribution in [0.4, 0.5) is 0 Å². The molecule has 0 aliphatic carbocycles.